The number of halogens is 2. The molecule has 2 rings (SSSR count). The first-order valence-electron chi connectivity index (χ1n) is 5.77. The molecule has 0 spiro atoms. The van der Waals surface area contributed by atoms with Crippen LogP contribution in [0.2, 0.25) is 0 Å². The average Bonchev–Trinajstić information content (AvgIpc) is 2.47. The molecule has 0 saturated heterocycles. The predicted molar refractivity (Wildman–Crippen MR) is 70.8 cm³/mol. The number of rotatable bonds is 4. The van der Waals surface area contributed by atoms with Crippen LogP contribution < -0.4 is 4.74 Å². The summed E-state index contributed by atoms with van der Waals surface area (Å²) >= 11 is 0. The van der Waals surface area contributed by atoms with E-state index in [2.05, 4.69) is 15.8 Å². The van der Waals surface area contributed by atoms with Gasteiger partial charge in [0.15, 0.2) is 0 Å². The van der Waals surface area contributed by atoms with Crippen molar-refractivity contribution in [2.75, 3.05) is 0 Å². The molecular weight excluding hydrogens is 262 g/mol. The van der Waals surface area contributed by atoms with E-state index in [1.807, 2.05) is 0 Å². The first-order chi connectivity index (χ1) is 9.69. The second kappa shape index (κ2) is 6.43. The first kappa shape index (κ1) is 13.7. The number of pyridine rings is 1. The van der Waals surface area contributed by atoms with E-state index in [1.54, 1.807) is 42.6 Å². The fourth-order valence-electron chi connectivity index (χ4n) is 1.60. The van der Waals surface area contributed by atoms with E-state index in [1.165, 1.54) is 12.1 Å². The van der Waals surface area contributed by atoms with Gasteiger partial charge in [-0.1, -0.05) is 18.2 Å². The summed E-state index contributed by atoms with van der Waals surface area (Å²) in [6.45, 7) is -2.85. The van der Waals surface area contributed by atoms with Crippen LogP contribution in [0.1, 0.15) is 11.3 Å². The van der Waals surface area contributed by atoms with Crippen molar-refractivity contribution in [2.45, 2.75) is 6.61 Å². The summed E-state index contributed by atoms with van der Waals surface area (Å²) in [5.41, 5.74) is 1.66. The van der Waals surface area contributed by atoms with Gasteiger partial charge in [-0.3, -0.25) is 4.98 Å². The zero-order valence-corrected chi connectivity index (χ0v) is 10.3. The van der Waals surface area contributed by atoms with E-state index in [0.29, 0.717) is 16.8 Å². The van der Waals surface area contributed by atoms with Crippen LogP contribution >= 0.6 is 0 Å². The molecule has 20 heavy (non-hydrogen) atoms. The summed E-state index contributed by atoms with van der Waals surface area (Å²) in [4.78, 5) is 4.09. The lowest BCUT2D eigenvalue weighted by Crippen LogP contribution is -2.01. The number of aromatic nitrogens is 1. The van der Waals surface area contributed by atoms with Crippen LogP contribution in [0.15, 0.2) is 48.7 Å². The van der Waals surface area contributed by atoms with E-state index in [4.69, 9.17) is 5.26 Å². The highest BCUT2D eigenvalue weighted by Crippen LogP contribution is 2.19. The van der Waals surface area contributed by atoms with Gasteiger partial charge in [0.1, 0.15) is 11.8 Å². The Balaban J connectivity index is 2.23. The molecule has 1 aromatic carbocycles. The fraction of sp³-hybridized carbons (Fsp3) is 0.0667. The molecule has 0 fully saturated rings. The van der Waals surface area contributed by atoms with Crippen LogP contribution in [0.25, 0.3) is 11.6 Å². The molecule has 0 aliphatic carbocycles. The number of alkyl halides is 2. The summed E-state index contributed by atoms with van der Waals surface area (Å²) in [5.74, 6) is 0.0773. The molecule has 1 aromatic heterocycles. The Kier molecular flexibility index (Phi) is 4.40. The number of benzene rings is 1. The van der Waals surface area contributed by atoms with Crippen molar-refractivity contribution in [2.24, 2.45) is 0 Å². The van der Waals surface area contributed by atoms with Crippen molar-refractivity contribution < 1.29 is 13.5 Å². The average molecular weight is 272 g/mol. The summed E-state index contributed by atoms with van der Waals surface area (Å²) in [6.07, 6.45) is 3.23. The molecule has 1 heterocycles. The highest BCUT2D eigenvalue weighted by molar-refractivity contribution is 5.88. The lowest BCUT2D eigenvalue weighted by Gasteiger charge is -2.04. The molecule has 0 saturated carbocycles. The number of nitriles is 1. The molecule has 2 aromatic rings. The van der Waals surface area contributed by atoms with Crippen LogP contribution in [0, 0.1) is 11.3 Å². The van der Waals surface area contributed by atoms with Crippen LogP contribution in [0.3, 0.4) is 0 Å². The van der Waals surface area contributed by atoms with E-state index in [-0.39, 0.29) is 5.75 Å². The van der Waals surface area contributed by atoms with Crippen LogP contribution in [0.4, 0.5) is 8.78 Å². The normalized spacial score (nSPS) is 11.2. The standard InChI is InChI=1S/C15H10F2N2O/c16-15(17)20-13-6-4-11(5-7-13)9-12(10-18)14-3-1-2-8-19-14/h1-9,15H/b12-9-. The SMILES string of the molecule is N#C/C(=C/c1ccc(OC(F)F)cc1)c1ccccn1. The van der Waals surface area contributed by atoms with Gasteiger partial charge < -0.3 is 4.74 Å². The Hall–Kier alpha value is -2.74. The fourth-order valence-corrected chi connectivity index (χ4v) is 1.60. The monoisotopic (exact) mass is 272 g/mol. The molecular formula is C15H10F2N2O. The number of hydrogen-bond acceptors (Lipinski definition) is 3. The van der Waals surface area contributed by atoms with Crippen LogP contribution in [0.5, 0.6) is 5.75 Å². The molecule has 0 bridgehead atoms. The number of allylic oxidation sites excluding steroid dienone is 1. The number of ether oxygens (including phenoxy) is 1. The summed E-state index contributed by atoms with van der Waals surface area (Å²) in [7, 11) is 0. The summed E-state index contributed by atoms with van der Waals surface area (Å²) in [5, 5.41) is 9.13. The second-order valence-electron chi connectivity index (χ2n) is 3.83. The molecule has 0 atom stereocenters. The zero-order valence-electron chi connectivity index (χ0n) is 10.3. The van der Waals surface area contributed by atoms with Crippen molar-refractivity contribution in [3.8, 4) is 11.8 Å². The highest BCUT2D eigenvalue weighted by Gasteiger charge is 2.04. The van der Waals surface area contributed by atoms with E-state index < -0.39 is 6.61 Å². The quantitative estimate of drug-likeness (QED) is 0.796. The maximum atomic E-state index is 12.0. The van der Waals surface area contributed by atoms with Gasteiger partial charge in [0.25, 0.3) is 0 Å². The topological polar surface area (TPSA) is 45.9 Å². The van der Waals surface area contributed by atoms with Gasteiger partial charge in [0.2, 0.25) is 0 Å². The van der Waals surface area contributed by atoms with Crippen molar-refractivity contribution in [3.63, 3.8) is 0 Å². The smallest absolute Gasteiger partial charge is 0.387 e. The van der Waals surface area contributed by atoms with Crippen molar-refractivity contribution >= 4 is 11.6 Å². The Labute approximate surface area is 114 Å². The summed E-state index contributed by atoms with van der Waals surface area (Å²) < 4.78 is 28.3. The molecule has 0 amide bonds. The molecule has 0 aliphatic rings. The Morgan fingerprint density at radius 1 is 1.20 bits per heavy atom. The lowest BCUT2D eigenvalue weighted by molar-refractivity contribution is -0.0498. The predicted octanol–water partition coefficient (Wildman–Crippen LogP) is 3.75. The van der Waals surface area contributed by atoms with E-state index >= 15 is 0 Å². The third kappa shape index (κ3) is 3.62. The van der Waals surface area contributed by atoms with Crippen molar-refractivity contribution in [1.29, 1.82) is 5.26 Å². The summed E-state index contributed by atoms with van der Waals surface area (Å²) in [6, 6.07) is 13.4. The Morgan fingerprint density at radius 2 is 1.95 bits per heavy atom. The van der Waals surface area contributed by atoms with Gasteiger partial charge in [-0.2, -0.15) is 14.0 Å². The van der Waals surface area contributed by atoms with Gasteiger partial charge in [-0.05, 0) is 35.9 Å². The molecule has 0 N–H and O–H groups in total. The van der Waals surface area contributed by atoms with E-state index in [9.17, 15) is 8.78 Å². The number of hydrogen-bond donors (Lipinski definition) is 0. The second-order valence-corrected chi connectivity index (χ2v) is 3.83. The third-order valence-electron chi connectivity index (χ3n) is 2.48. The minimum atomic E-state index is -2.85. The van der Waals surface area contributed by atoms with Crippen LogP contribution in [-0.2, 0) is 0 Å². The minimum absolute atomic E-state index is 0.0773. The van der Waals surface area contributed by atoms with Gasteiger partial charge in [0, 0.05) is 6.20 Å². The van der Waals surface area contributed by atoms with Crippen molar-refractivity contribution in [3.05, 3.63) is 59.9 Å². The molecule has 5 heteroatoms. The molecule has 0 unspecified atom stereocenters. The highest BCUT2D eigenvalue weighted by atomic mass is 19.3. The van der Waals surface area contributed by atoms with Gasteiger partial charge in [-0.15, -0.1) is 0 Å². The zero-order chi connectivity index (χ0) is 14.4. The van der Waals surface area contributed by atoms with Crippen molar-refractivity contribution in [1.82, 2.24) is 4.98 Å². The maximum absolute atomic E-state index is 12.0. The Morgan fingerprint density at radius 3 is 2.50 bits per heavy atom. The third-order valence-corrected chi connectivity index (χ3v) is 2.48. The van der Waals surface area contributed by atoms with Crippen LogP contribution in [-0.4, -0.2) is 11.6 Å². The molecule has 3 nitrogen and oxygen atoms in total. The maximum Gasteiger partial charge on any atom is 0.387 e. The minimum Gasteiger partial charge on any atom is -0.435 e. The molecule has 0 aliphatic heterocycles. The molecule has 100 valence electrons. The number of nitrogens with zero attached hydrogens (tertiary/aromatic N) is 2. The van der Waals surface area contributed by atoms with Gasteiger partial charge in [0.05, 0.1) is 11.3 Å². The van der Waals surface area contributed by atoms with E-state index in [0.717, 1.165) is 0 Å². The van der Waals surface area contributed by atoms with Gasteiger partial charge in [-0.25, -0.2) is 0 Å². The molecule has 0 radical (unpaired) electrons. The van der Waals surface area contributed by atoms with Gasteiger partial charge >= 0.3 is 6.61 Å². The lowest BCUT2D eigenvalue weighted by atomic mass is 10.1. The largest absolute Gasteiger partial charge is 0.435 e. The Bertz CT molecular complexity index is 631. The first-order valence-corrected chi connectivity index (χ1v) is 5.77.